The minimum atomic E-state index is -0.635. The minimum absolute atomic E-state index is 0.0209. The first-order valence-corrected chi connectivity index (χ1v) is 7.37. The van der Waals surface area contributed by atoms with Crippen molar-refractivity contribution < 1.29 is 10.0 Å². The first kappa shape index (κ1) is 16.4. The van der Waals surface area contributed by atoms with Crippen LogP contribution in [0.5, 0.6) is 5.88 Å². The number of hydrazone groups is 1. The topological polar surface area (TPSA) is 132 Å². The lowest BCUT2D eigenvalue weighted by Gasteiger charge is -2.11. The molecule has 0 saturated carbocycles. The number of aromatic nitrogens is 2. The predicted octanol–water partition coefficient (Wildman–Crippen LogP) is 0.136. The van der Waals surface area contributed by atoms with Crippen molar-refractivity contribution in [1.82, 2.24) is 14.6 Å². The molecule has 25 heavy (non-hydrogen) atoms. The second-order valence-electron chi connectivity index (χ2n) is 5.70. The molecule has 130 valence electrons. The number of nitrogens with one attached hydrogen (secondary N) is 1. The Labute approximate surface area is 140 Å². The zero-order valence-corrected chi connectivity index (χ0v) is 13.5. The first-order valence-electron chi connectivity index (χ1n) is 7.37. The van der Waals surface area contributed by atoms with Crippen LogP contribution in [0, 0.1) is 10.1 Å². The molecule has 10 nitrogen and oxygen atoms in total. The molecule has 0 saturated heterocycles. The lowest BCUT2D eigenvalue weighted by molar-refractivity contribution is -0.384. The summed E-state index contributed by atoms with van der Waals surface area (Å²) in [4.78, 5) is 34.3. The Morgan fingerprint density at radius 3 is 2.48 bits per heavy atom. The monoisotopic (exact) mass is 345 g/mol. The molecule has 1 aromatic carbocycles. The van der Waals surface area contributed by atoms with E-state index in [2.05, 4.69) is 10.5 Å². The number of hydrogen-bond donors (Lipinski definition) is 2. The summed E-state index contributed by atoms with van der Waals surface area (Å²) in [6.45, 7) is 0. The van der Waals surface area contributed by atoms with Gasteiger partial charge in [0, 0.05) is 32.6 Å². The van der Waals surface area contributed by atoms with Crippen LogP contribution in [-0.2, 0) is 14.1 Å². The van der Waals surface area contributed by atoms with E-state index < -0.39 is 22.1 Å². The standard InChI is InChI=1S/C15H15N5O5/c1-18-13(21)12(14(22)19(2)15(18)23)11-7-10(16-17-11)8-3-5-9(6-4-8)20(24)25/h3-6,10,16,21H,7H2,1-2H3. The molecule has 1 aliphatic heterocycles. The van der Waals surface area contributed by atoms with Gasteiger partial charge in [0.25, 0.3) is 11.2 Å². The second kappa shape index (κ2) is 5.89. The Balaban J connectivity index is 1.92. The molecule has 1 atom stereocenters. The lowest BCUT2D eigenvalue weighted by Crippen LogP contribution is -2.39. The van der Waals surface area contributed by atoms with Crippen LogP contribution < -0.4 is 16.7 Å². The molecule has 0 spiro atoms. The van der Waals surface area contributed by atoms with Gasteiger partial charge in [-0.15, -0.1) is 0 Å². The van der Waals surface area contributed by atoms with Crippen molar-refractivity contribution in [3.8, 4) is 5.88 Å². The molecule has 0 fully saturated rings. The molecule has 0 amide bonds. The van der Waals surface area contributed by atoms with E-state index in [1.807, 2.05) is 0 Å². The van der Waals surface area contributed by atoms with Crippen LogP contribution >= 0.6 is 0 Å². The highest BCUT2D eigenvalue weighted by molar-refractivity contribution is 6.03. The average Bonchev–Trinajstić information content (AvgIpc) is 3.08. The highest BCUT2D eigenvalue weighted by Crippen LogP contribution is 2.27. The molecule has 10 heteroatoms. The maximum atomic E-state index is 12.3. The third kappa shape index (κ3) is 2.67. The summed E-state index contributed by atoms with van der Waals surface area (Å²) in [5, 5.41) is 25.0. The number of hydrogen-bond acceptors (Lipinski definition) is 7. The molecule has 0 bridgehead atoms. The maximum absolute atomic E-state index is 12.3. The van der Waals surface area contributed by atoms with Crippen LogP contribution in [0.1, 0.15) is 23.6 Å². The first-order chi connectivity index (χ1) is 11.8. The van der Waals surface area contributed by atoms with Crippen molar-refractivity contribution in [1.29, 1.82) is 0 Å². The van der Waals surface area contributed by atoms with Crippen molar-refractivity contribution in [3.05, 3.63) is 66.3 Å². The van der Waals surface area contributed by atoms with Crippen LogP contribution in [0.3, 0.4) is 0 Å². The molecule has 1 aliphatic rings. The molecule has 0 radical (unpaired) electrons. The van der Waals surface area contributed by atoms with Gasteiger partial charge in [-0.2, -0.15) is 5.10 Å². The van der Waals surface area contributed by atoms with Gasteiger partial charge in [-0.1, -0.05) is 12.1 Å². The van der Waals surface area contributed by atoms with Gasteiger partial charge >= 0.3 is 5.69 Å². The molecular weight excluding hydrogens is 330 g/mol. The Hall–Kier alpha value is -3.43. The second-order valence-corrected chi connectivity index (χ2v) is 5.70. The number of aromatic hydroxyl groups is 1. The third-order valence-electron chi connectivity index (χ3n) is 4.18. The Kier molecular flexibility index (Phi) is 3.87. The number of nitro groups is 1. The van der Waals surface area contributed by atoms with Gasteiger partial charge in [-0.3, -0.25) is 24.0 Å². The lowest BCUT2D eigenvalue weighted by atomic mass is 10.00. The molecule has 2 N–H and O–H groups in total. The van der Waals surface area contributed by atoms with Gasteiger partial charge in [0.05, 0.1) is 16.7 Å². The summed E-state index contributed by atoms with van der Waals surface area (Å²) >= 11 is 0. The van der Waals surface area contributed by atoms with E-state index in [9.17, 15) is 24.8 Å². The van der Waals surface area contributed by atoms with Gasteiger partial charge in [0.1, 0.15) is 5.56 Å². The summed E-state index contributed by atoms with van der Waals surface area (Å²) in [6, 6.07) is 5.69. The Bertz CT molecular complexity index is 1000. The highest BCUT2D eigenvalue weighted by atomic mass is 16.6. The van der Waals surface area contributed by atoms with Gasteiger partial charge < -0.3 is 10.5 Å². The van der Waals surface area contributed by atoms with Gasteiger partial charge in [-0.05, 0) is 5.56 Å². The van der Waals surface area contributed by atoms with Crippen LogP contribution in [-0.4, -0.2) is 24.9 Å². The van der Waals surface area contributed by atoms with Crippen LogP contribution in [0.2, 0.25) is 0 Å². The molecule has 3 rings (SSSR count). The Morgan fingerprint density at radius 2 is 1.88 bits per heavy atom. The fraction of sp³-hybridized carbons (Fsp3) is 0.267. The summed E-state index contributed by atoms with van der Waals surface area (Å²) in [5.74, 6) is -0.446. The molecule has 0 aliphatic carbocycles. The fourth-order valence-electron chi connectivity index (χ4n) is 2.71. The quantitative estimate of drug-likeness (QED) is 0.600. The minimum Gasteiger partial charge on any atom is -0.494 e. The summed E-state index contributed by atoms with van der Waals surface area (Å²) in [6.07, 6.45) is 0.290. The number of rotatable bonds is 3. The number of non-ortho nitro benzene ring substituents is 1. The fourth-order valence-corrected chi connectivity index (χ4v) is 2.71. The predicted molar refractivity (Wildman–Crippen MR) is 88.7 cm³/mol. The van der Waals surface area contributed by atoms with E-state index in [1.54, 1.807) is 12.1 Å². The summed E-state index contributed by atoms with van der Waals surface area (Å²) in [5.41, 5.74) is 2.59. The van der Waals surface area contributed by atoms with E-state index >= 15 is 0 Å². The smallest absolute Gasteiger partial charge is 0.333 e. The van der Waals surface area contributed by atoms with Crippen molar-refractivity contribution in [2.24, 2.45) is 19.2 Å². The van der Waals surface area contributed by atoms with Crippen LogP contribution in [0.25, 0.3) is 0 Å². The largest absolute Gasteiger partial charge is 0.494 e. The Morgan fingerprint density at radius 1 is 1.24 bits per heavy atom. The molecule has 1 unspecified atom stereocenters. The molecule has 1 aromatic heterocycles. The van der Waals surface area contributed by atoms with Gasteiger partial charge in [0.2, 0.25) is 5.88 Å². The molecule has 2 heterocycles. The van der Waals surface area contributed by atoms with Gasteiger partial charge in [-0.25, -0.2) is 4.79 Å². The molecular formula is C15H15N5O5. The number of nitrogens with zero attached hydrogens (tertiary/aromatic N) is 4. The summed E-state index contributed by atoms with van der Waals surface area (Å²) < 4.78 is 1.87. The van der Waals surface area contributed by atoms with E-state index in [0.29, 0.717) is 12.1 Å². The number of nitro benzene ring substituents is 1. The van der Waals surface area contributed by atoms with E-state index in [0.717, 1.165) is 14.7 Å². The summed E-state index contributed by atoms with van der Waals surface area (Å²) in [7, 11) is 2.68. The zero-order valence-electron chi connectivity index (χ0n) is 13.5. The molecule has 2 aromatic rings. The van der Waals surface area contributed by atoms with Gasteiger partial charge in [0.15, 0.2) is 0 Å². The van der Waals surface area contributed by atoms with Crippen LogP contribution in [0.15, 0.2) is 39.0 Å². The van der Waals surface area contributed by atoms with Crippen molar-refractivity contribution in [2.45, 2.75) is 12.5 Å². The maximum Gasteiger partial charge on any atom is 0.333 e. The highest BCUT2D eigenvalue weighted by Gasteiger charge is 2.27. The normalized spacial score (nSPS) is 16.4. The van der Waals surface area contributed by atoms with E-state index in [-0.39, 0.29) is 17.3 Å². The van der Waals surface area contributed by atoms with E-state index in [1.165, 1.54) is 26.2 Å². The van der Waals surface area contributed by atoms with Crippen molar-refractivity contribution in [2.75, 3.05) is 0 Å². The van der Waals surface area contributed by atoms with Crippen molar-refractivity contribution >= 4 is 11.4 Å². The average molecular weight is 345 g/mol. The number of benzene rings is 1. The van der Waals surface area contributed by atoms with E-state index in [4.69, 9.17) is 0 Å². The SMILES string of the molecule is Cn1c(O)c(C2=NNC(c3ccc([N+](=O)[O-])cc3)C2)c(=O)n(C)c1=O. The zero-order chi connectivity index (χ0) is 18.3. The van der Waals surface area contributed by atoms with Crippen LogP contribution in [0.4, 0.5) is 5.69 Å². The van der Waals surface area contributed by atoms with Crippen molar-refractivity contribution in [3.63, 3.8) is 0 Å². The third-order valence-corrected chi connectivity index (χ3v) is 4.18.